The highest BCUT2D eigenvalue weighted by Gasteiger charge is 2.21. The number of nitrogens with zero attached hydrogens (tertiary/aromatic N) is 3. The summed E-state index contributed by atoms with van der Waals surface area (Å²) in [6.07, 6.45) is 0.977. The Morgan fingerprint density at radius 2 is 1.88 bits per heavy atom. The second kappa shape index (κ2) is 11.7. The molecule has 2 aromatic carbocycles. The largest absolute Gasteiger partial charge is 0.495 e. The highest BCUT2D eigenvalue weighted by atomic mass is 32.2. The number of ether oxygens (including phenoxy) is 2. The third-order valence-electron chi connectivity index (χ3n) is 5.10. The maximum absolute atomic E-state index is 12.9. The number of aryl methyl sites for hydroxylation is 1. The fourth-order valence-electron chi connectivity index (χ4n) is 3.15. The Bertz CT molecular complexity index is 1050. The van der Waals surface area contributed by atoms with Crippen LogP contribution >= 0.6 is 11.8 Å². The van der Waals surface area contributed by atoms with E-state index in [2.05, 4.69) is 33.9 Å². The predicted octanol–water partition coefficient (Wildman–Crippen LogP) is 5.34. The molecular weight excluding hydrogens is 436 g/mol. The fourth-order valence-corrected chi connectivity index (χ4v) is 4.05. The highest BCUT2D eigenvalue weighted by Crippen LogP contribution is 2.28. The van der Waals surface area contributed by atoms with Crippen molar-refractivity contribution in [3.63, 3.8) is 0 Å². The minimum absolute atomic E-state index is 0.121. The molecule has 8 heteroatoms. The van der Waals surface area contributed by atoms with Gasteiger partial charge in [0.1, 0.15) is 18.1 Å². The molecule has 3 rings (SSSR count). The lowest BCUT2D eigenvalue weighted by Gasteiger charge is -2.16. The lowest BCUT2D eigenvalue weighted by Crippen LogP contribution is -2.23. The Balaban J connectivity index is 1.72. The summed E-state index contributed by atoms with van der Waals surface area (Å²) < 4.78 is 13.3. The van der Waals surface area contributed by atoms with Crippen LogP contribution in [0.1, 0.15) is 38.6 Å². The van der Waals surface area contributed by atoms with Gasteiger partial charge < -0.3 is 19.4 Å². The van der Waals surface area contributed by atoms with Gasteiger partial charge in [0.15, 0.2) is 11.0 Å². The van der Waals surface area contributed by atoms with Crippen LogP contribution in [0.5, 0.6) is 11.5 Å². The average Bonchev–Trinajstić information content (AvgIpc) is 3.18. The molecule has 176 valence electrons. The van der Waals surface area contributed by atoms with Crippen LogP contribution in [-0.4, -0.2) is 33.0 Å². The number of aromatic nitrogens is 3. The second-order valence-corrected chi connectivity index (χ2v) is 9.60. The summed E-state index contributed by atoms with van der Waals surface area (Å²) in [6, 6.07) is 15.3. The normalized spacial score (nSPS) is 11.9. The van der Waals surface area contributed by atoms with Gasteiger partial charge in [-0.15, -0.1) is 10.2 Å². The zero-order chi connectivity index (χ0) is 23.8. The summed E-state index contributed by atoms with van der Waals surface area (Å²) in [4.78, 5) is 12.9. The molecule has 0 aliphatic carbocycles. The number of hydrogen-bond donors (Lipinski definition) is 1. The number of amides is 1. The van der Waals surface area contributed by atoms with E-state index in [1.54, 1.807) is 7.11 Å². The van der Waals surface area contributed by atoms with Crippen molar-refractivity contribution in [2.75, 3.05) is 12.4 Å². The molecule has 1 N–H and O–H groups in total. The summed E-state index contributed by atoms with van der Waals surface area (Å²) in [5.74, 6) is 2.57. The fraction of sp³-hybridized carbons (Fsp3) is 0.400. The van der Waals surface area contributed by atoms with Crippen LogP contribution < -0.4 is 14.8 Å². The van der Waals surface area contributed by atoms with E-state index in [1.165, 1.54) is 11.8 Å². The first-order valence-corrected chi connectivity index (χ1v) is 12.0. The van der Waals surface area contributed by atoms with Crippen molar-refractivity contribution < 1.29 is 14.3 Å². The summed E-state index contributed by atoms with van der Waals surface area (Å²) in [6.45, 7) is 9.29. The summed E-state index contributed by atoms with van der Waals surface area (Å²) >= 11 is 1.39. The quantitative estimate of drug-likeness (QED) is 0.383. The van der Waals surface area contributed by atoms with E-state index >= 15 is 0 Å². The SMILES string of the molecule is COc1ccc(C)cc1NC(=O)C(C)Sc1nnc(COc2ccccc2)n1CCC(C)C. The Morgan fingerprint density at radius 3 is 2.58 bits per heavy atom. The number of thioether (sulfide) groups is 1. The zero-order valence-electron chi connectivity index (χ0n) is 19.9. The van der Waals surface area contributed by atoms with Crippen molar-refractivity contribution in [2.45, 2.75) is 57.7 Å². The number of para-hydroxylation sites is 1. The Labute approximate surface area is 199 Å². The molecule has 1 atom stereocenters. The molecule has 33 heavy (non-hydrogen) atoms. The molecule has 1 unspecified atom stereocenters. The van der Waals surface area contributed by atoms with Gasteiger partial charge in [0, 0.05) is 6.54 Å². The second-order valence-electron chi connectivity index (χ2n) is 8.29. The number of carbonyl (C=O) groups is 1. The number of nitrogens with one attached hydrogen (secondary N) is 1. The van der Waals surface area contributed by atoms with Crippen LogP contribution in [0.2, 0.25) is 0 Å². The van der Waals surface area contributed by atoms with E-state index in [9.17, 15) is 4.79 Å². The molecule has 0 aliphatic heterocycles. The lowest BCUT2D eigenvalue weighted by molar-refractivity contribution is -0.115. The van der Waals surface area contributed by atoms with Gasteiger partial charge in [-0.25, -0.2) is 0 Å². The van der Waals surface area contributed by atoms with Gasteiger partial charge in [0.05, 0.1) is 18.0 Å². The first kappa shape index (κ1) is 24.6. The first-order chi connectivity index (χ1) is 15.9. The van der Waals surface area contributed by atoms with Crippen molar-refractivity contribution >= 4 is 23.4 Å². The van der Waals surface area contributed by atoms with Crippen LogP contribution in [0.4, 0.5) is 5.69 Å². The van der Waals surface area contributed by atoms with Crippen LogP contribution in [0, 0.1) is 12.8 Å². The number of methoxy groups -OCH3 is 1. The van der Waals surface area contributed by atoms with Crippen molar-refractivity contribution in [1.29, 1.82) is 0 Å². The maximum Gasteiger partial charge on any atom is 0.237 e. The molecule has 0 saturated heterocycles. The van der Waals surface area contributed by atoms with Crippen LogP contribution in [0.15, 0.2) is 53.7 Å². The van der Waals surface area contributed by atoms with Crippen molar-refractivity contribution in [1.82, 2.24) is 14.8 Å². The van der Waals surface area contributed by atoms with Gasteiger partial charge in [-0.3, -0.25) is 4.79 Å². The van der Waals surface area contributed by atoms with E-state index in [1.807, 2.05) is 62.4 Å². The van der Waals surface area contributed by atoms with E-state index < -0.39 is 0 Å². The average molecular weight is 469 g/mol. The summed E-state index contributed by atoms with van der Waals surface area (Å²) in [5.41, 5.74) is 1.70. The van der Waals surface area contributed by atoms with Gasteiger partial charge in [0.25, 0.3) is 0 Å². The number of hydrogen-bond acceptors (Lipinski definition) is 6. The zero-order valence-corrected chi connectivity index (χ0v) is 20.7. The van der Waals surface area contributed by atoms with Crippen molar-refractivity contribution in [3.8, 4) is 11.5 Å². The third-order valence-corrected chi connectivity index (χ3v) is 6.18. The molecule has 0 spiro atoms. The van der Waals surface area contributed by atoms with E-state index in [0.29, 0.717) is 29.1 Å². The number of rotatable bonds is 11. The molecule has 1 aromatic heterocycles. The predicted molar refractivity (Wildman–Crippen MR) is 132 cm³/mol. The smallest absolute Gasteiger partial charge is 0.237 e. The molecule has 0 fully saturated rings. The standard InChI is InChI=1S/C25H32N4O3S/c1-17(2)13-14-29-23(16-32-20-9-7-6-8-10-20)27-28-25(29)33-19(4)24(30)26-21-15-18(3)11-12-22(21)31-5/h6-12,15,17,19H,13-14,16H2,1-5H3,(H,26,30). The van der Waals surface area contributed by atoms with E-state index in [4.69, 9.17) is 9.47 Å². The molecule has 1 heterocycles. The number of benzene rings is 2. The van der Waals surface area contributed by atoms with Crippen LogP contribution in [0.3, 0.4) is 0 Å². The number of anilines is 1. The molecular formula is C25H32N4O3S. The van der Waals surface area contributed by atoms with Gasteiger partial charge in [-0.05, 0) is 56.0 Å². The summed E-state index contributed by atoms with van der Waals surface area (Å²) in [7, 11) is 1.59. The Hall–Kier alpha value is -3.00. The molecule has 3 aromatic rings. The van der Waals surface area contributed by atoms with Crippen LogP contribution in [-0.2, 0) is 17.9 Å². The van der Waals surface area contributed by atoms with Crippen LogP contribution in [0.25, 0.3) is 0 Å². The Morgan fingerprint density at radius 1 is 1.12 bits per heavy atom. The third kappa shape index (κ3) is 6.99. The molecule has 0 saturated carbocycles. The van der Waals surface area contributed by atoms with E-state index in [0.717, 1.165) is 30.1 Å². The van der Waals surface area contributed by atoms with Crippen molar-refractivity contribution in [2.24, 2.45) is 5.92 Å². The van der Waals surface area contributed by atoms with Gasteiger partial charge in [-0.1, -0.05) is 49.9 Å². The highest BCUT2D eigenvalue weighted by molar-refractivity contribution is 8.00. The molecule has 0 radical (unpaired) electrons. The maximum atomic E-state index is 12.9. The molecule has 0 aliphatic rings. The molecule has 1 amide bonds. The van der Waals surface area contributed by atoms with Crippen molar-refractivity contribution in [3.05, 3.63) is 59.9 Å². The lowest BCUT2D eigenvalue weighted by atomic mass is 10.1. The Kier molecular flexibility index (Phi) is 8.77. The number of carbonyl (C=O) groups excluding carboxylic acids is 1. The van der Waals surface area contributed by atoms with Gasteiger partial charge in [-0.2, -0.15) is 0 Å². The molecule has 7 nitrogen and oxygen atoms in total. The summed E-state index contributed by atoms with van der Waals surface area (Å²) in [5, 5.41) is 12.0. The topological polar surface area (TPSA) is 78.3 Å². The minimum atomic E-state index is -0.375. The van der Waals surface area contributed by atoms with E-state index in [-0.39, 0.29) is 11.2 Å². The van der Waals surface area contributed by atoms with Gasteiger partial charge >= 0.3 is 0 Å². The molecule has 0 bridgehead atoms. The monoisotopic (exact) mass is 468 g/mol. The van der Waals surface area contributed by atoms with Gasteiger partial charge in [0.2, 0.25) is 5.91 Å². The first-order valence-electron chi connectivity index (χ1n) is 11.1. The minimum Gasteiger partial charge on any atom is -0.495 e.